The van der Waals surface area contributed by atoms with Crippen LogP contribution >= 0.6 is 0 Å². The average Bonchev–Trinajstić information content (AvgIpc) is 2.37. The van der Waals surface area contributed by atoms with Crippen LogP contribution < -0.4 is 10.1 Å². The quantitative estimate of drug-likeness (QED) is 0.913. The molecule has 0 saturated heterocycles. The van der Waals surface area contributed by atoms with E-state index in [2.05, 4.69) is 15.3 Å². The molecule has 0 aliphatic carbocycles. The third-order valence-electron chi connectivity index (χ3n) is 2.51. The Morgan fingerprint density at radius 3 is 2.70 bits per heavy atom. The Morgan fingerprint density at radius 1 is 1.20 bits per heavy atom. The number of hydrogen-bond acceptors (Lipinski definition) is 4. The molecule has 0 aliphatic rings. The molecule has 1 aromatic carbocycles. The van der Waals surface area contributed by atoms with Gasteiger partial charge in [-0.15, -0.1) is 0 Å². The van der Waals surface area contributed by atoms with Crippen molar-refractivity contribution in [2.24, 2.45) is 0 Å². The van der Waals surface area contributed by atoms with Gasteiger partial charge < -0.3 is 10.1 Å². The first-order valence-electron chi connectivity index (χ1n) is 6.24. The van der Waals surface area contributed by atoms with Crippen LogP contribution in [0.2, 0.25) is 0 Å². The molecule has 1 N–H and O–H groups in total. The Morgan fingerprint density at radius 2 is 2.00 bits per heavy atom. The first-order valence-corrected chi connectivity index (χ1v) is 6.24. The van der Waals surface area contributed by atoms with E-state index in [-0.39, 0.29) is 12.4 Å². The van der Waals surface area contributed by atoms with Gasteiger partial charge in [0.2, 0.25) is 0 Å². The minimum Gasteiger partial charge on any atom is -0.483 e. The Kier molecular flexibility index (Phi) is 4.45. The second kappa shape index (κ2) is 6.27. The SMILES string of the molecule is CCNc1cc(C)nc(COc2ccc(F)cc2F)n1. The zero-order valence-electron chi connectivity index (χ0n) is 11.3. The standard InChI is InChI=1S/C14H15F2N3O/c1-3-17-13-6-9(2)18-14(19-13)8-20-12-5-4-10(15)7-11(12)16/h4-7H,3,8H2,1-2H3,(H,17,18,19). The van der Waals surface area contributed by atoms with Crippen molar-refractivity contribution in [3.8, 4) is 5.75 Å². The molecule has 0 atom stereocenters. The summed E-state index contributed by atoms with van der Waals surface area (Å²) < 4.78 is 31.5. The molecular weight excluding hydrogens is 264 g/mol. The second-order valence-corrected chi connectivity index (χ2v) is 4.20. The zero-order valence-corrected chi connectivity index (χ0v) is 11.3. The molecule has 0 aliphatic heterocycles. The van der Waals surface area contributed by atoms with Crippen LogP contribution in [0.15, 0.2) is 24.3 Å². The Balaban J connectivity index is 2.10. The maximum absolute atomic E-state index is 13.4. The summed E-state index contributed by atoms with van der Waals surface area (Å²) in [5.41, 5.74) is 0.786. The van der Waals surface area contributed by atoms with Crippen LogP contribution in [0.3, 0.4) is 0 Å². The van der Waals surface area contributed by atoms with Crippen molar-refractivity contribution in [3.05, 3.63) is 47.4 Å². The van der Waals surface area contributed by atoms with Gasteiger partial charge in [-0.1, -0.05) is 0 Å². The van der Waals surface area contributed by atoms with E-state index in [1.807, 2.05) is 19.9 Å². The van der Waals surface area contributed by atoms with Gasteiger partial charge in [0.25, 0.3) is 0 Å². The van der Waals surface area contributed by atoms with Gasteiger partial charge in [0.1, 0.15) is 18.2 Å². The minimum absolute atomic E-state index is 0.0165. The zero-order chi connectivity index (χ0) is 14.5. The van der Waals surface area contributed by atoms with Gasteiger partial charge in [-0.3, -0.25) is 0 Å². The predicted octanol–water partition coefficient (Wildman–Crippen LogP) is 3.07. The fourth-order valence-electron chi connectivity index (χ4n) is 1.70. The summed E-state index contributed by atoms with van der Waals surface area (Å²) in [6.07, 6.45) is 0. The van der Waals surface area contributed by atoms with E-state index in [1.54, 1.807) is 0 Å². The maximum Gasteiger partial charge on any atom is 0.168 e. The molecule has 0 fully saturated rings. The Hall–Kier alpha value is -2.24. The Bertz CT molecular complexity index is 605. The van der Waals surface area contributed by atoms with Crippen LogP contribution in [0, 0.1) is 18.6 Å². The number of aryl methyl sites for hydroxylation is 1. The predicted molar refractivity (Wildman–Crippen MR) is 71.6 cm³/mol. The van der Waals surface area contributed by atoms with E-state index in [0.29, 0.717) is 11.6 Å². The number of halogens is 2. The molecule has 2 rings (SSSR count). The summed E-state index contributed by atoms with van der Waals surface area (Å²) in [7, 11) is 0. The highest BCUT2D eigenvalue weighted by Gasteiger charge is 2.07. The maximum atomic E-state index is 13.4. The lowest BCUT2D eigenvalue weighted by Gasteiger charge is -2.09. The molecule has 0 bridgehead atoms. The van der Waals surface area contributed by atoms with Crippen molar-refractivity contribution in [2.45, 2.75) is 20.5 Å². The number of nitrogens with zero attached hydrogens (tertiary/aromatic N) is 2. The van der Waals surface area contributed by atoms with Crippen LogP contribution in [0.4, 0.5) is 14.6 Å². The molecule has 0 amide bonds. The summed E-state index contributed by atoms with van der Waals surface area (Å²) in [5.74, 6) is -0.287. The number of rotatable bonds is 5. The molecule has 6 heteroatoms. The third kappa shape index (κ3) is 3.63. The van der Waals surface area contributed by atoms with Gasteiger partial charge >= 0.3 is 0 Å². The van der Waals surface area contributed by atoms with E-state index in [1.165, 1.54) is 6.07 Å². The van der Waals surface area contributed by atoms with Crippen molar-refractivity contribution in [2.75, 3.05) is 11.9 Å². The molecule has 0 radical (unpaired) electrons. The van der Waals surface area contributed by atoms with Gasteiger partial charge in [-0.2, -0.15) is 0 Å². The highest BCUT2D eigenvalue weighted by Crippen LogP contribution is 2.18. The van der Waals surface area contributed by atoms with Crippen molar-refractivity contribution in [1.29, 1.82) is 0 Å². The normalized spacial score (nSPS) is 10.4. The molecule has 1 aromatic heterocycles. The lowest BCUT2D eigenvalue weighted by molar-refractivity contribution is 0.280. The largest absolute Gasteiger partial charge is 0.483 e. The van der Waals surface area contributed by atoms with Gasteiger partial charge in [-0.25, -0.2) is 18.7 Å². The Labute approximate surface area is 115 Å². The molecule has 0 saturated carbocycles. The van der Waals surface area contributed by atoms with Crippen LogP contribution in [0.5, 0.6) is 5.75 Å². The number of aromatic nitrogens is 2. The first kappa shape index (κ1) is 14.2. The summed E-state index contributed by atoms with van der Waals surface area (Å²) in [4.78, 5) is 8.45. The van der Waals surface area contributed by atoms with E-state index in [4.69, 9.17) is 4.74 Å². The van der Waals surface area contributed by atoms with E-state index >= 15 is 0 Å². The number of nitrogens with one attached hydrogen (secondary N) is 1. The van der Waals surface area contributed by atoms with E-state index in [9.17, 15) is 8.78 Å². The van der Waals surface area contributed by atoms with Gasteiger partial charge in [0.15, 0.2) is 17.4 Å². The van der Waals surface area contributed by atoms with Crippen molar-refractivity contribution < 1.29 is 13.5 Å². The van der Waals surface area contributed by atoms with Gasteiger partial charge in [0, 0.05) is 24.4 Å². The first-order chi connectivity index (χ1) is 9.58. The van der Waals surface area contributed by atoms with E-state index < -0.39 is 11.6 Å². The number of ether oxygens (including phenoxy) is 1. The van der Waals surface area contributed by atoms with Crippen molar-refractivity contribution >= 4 is 5.82 Å². The smallest absolute Gasteiger partial charge is 0.168 e. The molecule has 0 unspecified atom stereocenters. The van der Waals surface area contributed by atoms with Crippen molar-refractivity contribution in [1.82, 2.24) is 9.97 Å². The topological polar surface area (TPSA) is 47.0 Å². The molecular formula is C14H15F2N3O. The number of hydrogen-bond donors (Lipinski definition) is 1. The van der Waals surface area contributed by atoms with Crippen molar-refractivity contribution in [3.63, 3.8) is 0 Å². The highest BCUT2D eigenvalue weighted by atomic mass is 19.1. The average molecular weight is 279 g/mol. The molecule has 0 spiro atoms. The fourth-order valence-corrected chi connectivity index (χ4v) is 1.70. The van der Waals surface area contributed by atoms with Gasteiger partial charge in [0.05, 0.1) is 0 Å². The van der Waals surface area contributed by atoms with E-state index in [0.717, 1.165) is 24.4 Å². The monoisotopic (exact) mass is 279 g/mol. The molecule has 1 heterocycles. The minimum atomic E-state index is -0.746. The summed E-state index contributed by atoms with van der Waals surface area (Å²) in [6, 6.07) is 4.97. The van der Waals surface area contributed by atoms with Gasteiger partial charge in [-0.05, 0) is 26.0 Å². The molecule has 20 heavy (non-hydrogen) atoms. The highest BCUT2D eigenvalue weighted by molar-refractivity contribution is 5.35. The van der Waals surface area contributed by atoms with Crippen LogP contribution in [-0.4, -0.2) is 16.5 Å². The van der Waals surface area contributed by atoms with Crippen LogP contribution in [-0.2, 0) is 6.61 Å². The number of anilines is 1. The molecule has 4 nitrogen and oxygen atoms in total. The summed E-state index contributed by atoms with van der Waals surface area (Å²) in [6.45, 7) is 4.55. The lowest BCUT2D eigenvalue weighted by atomic mass is 10.3. The van der Waals surface area contributed by atoms with Crippen LogP contribution in [0.1, 0.15) is 18.4 Å². The lowest BCUT2D eigenvalue weighted by Crippen LogP contribution is -2.07. The third-order valence-corrected chi connectivity index (χ3v) is 2.51. The number of benzene rings is 1. The fraction of sp³-hybridized carbons (Fsp3) is 0.286. The summed E-state index contributed by atoms with van der Waals surface area (Å²) in [5, 5.41) is 3.08. The second-order valence-electron chi connectivity index (χ2n) is 4.20. The summed E-state index contributed by atoms with van der Waals surface area (Å²) >= 11 is 0. The molecule has 2 aromatic rings. The molecule has 106 valence electrons. The van der Waals surface area contributed by atoms with Crippen LogP contribution in [0.25, 0.3) is 0 Å².